The minimum absolute atomic E-state index is 0.101. The molecule has 8 heteroatoms. The Hall–Kier alpha value is -2.54. The lowest BCUT2D eigenvalue weighted by molar-refractivity contribution is -0.122. The van der Waals surface area contributed by atoms with Crippen LogP contribution in [0.3, 0.4) is 0 Å². The van der Waals surface area contributed by atoms with Crippen molar-refractivity contribution in [3.63, 3.8) is 0 Å². The SMILES string of the molecule is Cc1cc(NC(=O)[C@@H](C)Oc2ccc(Cl)cc2C(N)=O)no1. The molecule has 0 radical (unpaired) electrons. The molecule has 1 heterocycles. The normalized spacial score (nSPS) is 11.8. The summed E-state index contributed by atoms with van der Waals surface area (Å²) in [4.78, 5) is 23.4. The van der Waals surface area contributed by atoms with Crippen LogP contribution >= 0.6 is 11.6 Å². The predicted molar refractivity (Wildman–Crippen MR) is 79.9 cm³/mol. The maximum atomic E-state index is 12.0. The third-order valence-electron chi connectivity index (χ3n) is 2.76. The molecule has 1 aromatic carbocycles. The fourth-order valence-corrected chi connectivity index (χ4v) is 1.87. The Morgan fingerprint density at radius 3 is 2.73 bits per heavy atom. The maximum Gasteiger partial charge on any atom is 0.266 e. The number of primary amides is 1. The first-order chi connectivity index (χ1) is 10.4. The highest BCUT2D eigenvalue weighted by atomic mass is 35.5. The third-order valence-corrected chi connectivity index (χ3v) is 2.99. The summed E-state index contributed by atoms with van der Waals surface area (Å²) in [7, 11) is 0. The van der Waals surface area contributed by atoms with Crippen LogP contribution in [0.4, 0.5) is 5.82 Å². The van der Waals surface area contributed by atoms with Crippen molar-refractivity contribution in [3.8, 4) is 5.75 Å². The molecule has 0 saturated carbocycles. The first-order valence-electron chi connectivity index (χ1n) is 6.37. The number of nitrogens with one attached hydrogen (secondary N) is 1. The second-order valence-electron chi connectivity index (χ2n) is 4.58. The molecule has 7 nitrogen and oxygen atoms in total. The monoisotopic (exact) mass is 323 g/mol. The molecule has 2 aromatic rings. The summed E-state index contributed by atoms with van der Waals surface area (Å²) in [6.07, 6.45) is -0.878. The highest BCUT2D eigenvalue weighted by Gasteiger charge is 2.19. The molecule has 116 valence electrons. The van der Waals surface area contributed by atoms with Gasteiger partial charge in [0.1, 0.15) is 11.5 Å². The van der Waals surface area contributed by atoms with Crippen molar-refractivity contribution in [1.29, 1.82) is 0 Å². The minimum atomic E-state index is -0.878. The van der Waals surface area contributed by atoms with E-state index in [2.05, 4.69) is 10.5 Å². The second-order valence-corrected chi connectivity index (χ2v) is 5.01. The number of benzene rings is 1. The Morgan fingerprint density at radius 2 is 2.14 bits per heavy atom. The van der Waals surface area contributed by atoms with Gasteiger partial charge in [0.15, 0.2) is 11.9 Å². The number of ether oxygens (including phenoxy) is 1. The van der Waals surface area contributed by atoms with E-state index in [9.17, 15) is 9.59 Å². The number of aryl methyl sites for hydroxylation is 1. The average Bonchev–Trinajstić information content (AvgIpc) is 2.85. The summed E-state index contributed by atoms with van der Waals surface area (Å²) in [5, 5.41) is 6.52. The molecule has 2 rings (SSSR count). The third kappa shape index (κ3) is 3.76. The lowest BCUT2D eigenvalue weighted by atomic mass is 10.2. The van der Waals surface area contributed by atoms with Crippen molar-refractivity contribution in [2.45, 2.75) is 20.0 Å². The Kier molecular flexibility index (Phi) is 4.67. The molecule has 0 unspecified atom stereocenters. The fraction of sp³-hybridized carbons (Fsp3) is 0.214. The molecule has 0 spiro atoms. The lowest BCUT2D eigenvalue weighted by Crippen LogP contribution is -2.31. The number of hydrogen-bond acceptors (Lipinski definition) is 5. The van der Waals surface area contributed by atoms with E-state index in [1.807, 2.05) is 0 Å². The van der Waals surface area contributed by atoms with Crippen LogP contribution in [0, 0.1) is 6.92 Å². The number of carbonyl (C=O) groups excluding carboxylic acids is 2. The molecule has 2 amide bonds. The van der Waals surface area contributed by atoms with Gasteiger partial charge < -0.3 is 20.3 Å². The number of nitrogens with two attached hydrogens (primary N) is 1. The quantitative estimate of drug-likeness (QED) is 0.876. The minimum Gasteiger partial charge on any atom is -0.480 e. The molecule has 0 fully saturated rings. The second kappa shape index (κ2) is 6.48. The first kappa shape index (κ1) is 15.8. The maximum absolute atomic E-state index is 12.0. The van der Waals surface area contributed by atoms with Crippen molar-refractivity contribution in [2.24, 2.45) is 5.73 Å². The molecule has 0 saturated heterocycles. The van der Waals surface area contributed by atoms with E-state index in [1.54, 1.807) is 13.0 Å². The van der Waals surface area contributed by atoms with Crippen LogP contribution in [-0.4, -0.2) is 23.1 Å². The van der Waals surface area contributed by atoms with E-state index >= 15 is 0 Å². The topological polar surface area (TPSA) is 107 Å². The van der Waals surface area contributed by atoms with Gasteiger partial charge in [-0.25, -0.2) is 0 Å². The van der Waals surface area contributed by atoms with E-state index in [-0.39, 0.29) is 17.1 Å². The van der Waals surface area contributed by atoms with Crippen LogP contribution < -0.4 is 15.8 Å². The Labute approximate surface area is 131 Å². The number of carbonyl (C=O) groups is 2. The summed E-state index contributed by atoms with van der Waals surface area (Å²) in [5.41, 5.74) is 5.36. The van der Waals surface area contributed by atoms with E-state index in [1.165, 1.54) is 25.1 Å². The highest BCUT2D eigenvalue weighted by Crippen LogP contribution is 2.23. The first-order valence-corrected chi connectivity index (χ1v) is 6.75. The Bertz CT molecular complexity index is 714. The molecule has 3 N–H and O–H groups in total. The van der Waals surface area contributed by atoms with Crippen LogP contribution in [0.2, 0.25) is 5.02 Å². The van der Waals surface area contributed by atoms with Gasteiger partial charge in [-0.15, -0.1) is 0 Å². The molecule has 1 aromatic heterocycles. The molecule has 0 aliphatic rings. The zero-order valence-electron chi connectivity index (χ0n) is 11.9. The van der Waals surface area contributed by atoms with E-state index in [4.69, 9.17) is 26.6 Å². The van der Waals surface area contributed by atoms with Crippen LogP contribution in [0.15, 0.2) is 28.8 Å². The van der Waals surface area contributed by atoms with Gasteiger partial charge in [0.25, 0.3) is 11.8 Å². The van der Waals surface area contributed by atoms with Gasteiger partial charge >= 0.3 is 0 Å². The molecule has 0 bridgehead atoms. The molecule has 0 aliphatic heterocycles. The van der Waals surface area contributed by atoms with Crippen LogP contribution in [0.5, 0.6) is 5.75 Å². The van der Waals surface area contributed by atoms with Gasteiger partial charge in [-0.3, -0.25) is 9.59 Å². The number of halogens is 1. The van der Waals surface area contributed by atoms with Crippen LogP contribution in [0.25, 0.3) is 0 Å². The van der Waals surface area contributed by atoms with Crippen molar-refractivity contribution in [3.05, 3.63) is 40.6 Å². The number of anilines is 1. The number of nitrogens with zero attached hydrogens (tertiary/aromatic N) is 1. The molecule has 0 aliphatic carbocycles. The van der Waals surface area contributed by atoms with Gasteiger partial charge in [-0.1, -0.05) is 16.8 Å². The largest absolute Gasteiger partial charge is 0.480 e. The van der Waals surface area contributed by atoms with Crippen molar-refractivity contribution in [1.82, 2.24) is 5.16 Å². The lowest BCUT2D eigenvalue weighted by Gasteiger charge is -2.15. The summed E-state index contributed by atoms with van der Waals surface area (Å²) < 4.78 is 10.3. The van der Waals surface area contributed by atoms with E-state index in [0.29, 0.717) is 10.8 Å². The summed E-state index contributed by atoms with van der Waals surface area (Å²) in [5.74, 6) is -0.117. The average molecular weight is 324 g/mol. The predicted octanol–water partition coefficient (Wildman–Crippen LogP) is 2.14. The number of amides is 2. The summed E-state index contributed by atoms with van der Waals surface area (Å²) >= 11 is 5.81. The van der Waals surface area contributed by atoms with Gasteiger partial charge in [0, 0.05) is 11.1 Å². The smallest absolute Gasteiger partial charge is 0.266 e. The van der Waals surface area contributed by atoms with Gasteiger partial charge in [0.2, 0.25) is 0 Å². The number of hydrogen-bond donors (Lipinski definition) is 2. The zero-order chi connectivity index (χ0) is 16.3. The van der Waals surface area contributed by atoms with Crippen LogP contribution in [0.1, 0.15) is 23.0 Å². The van der Waals surface area contributed by atoms with Gasteiger partial charge in [-0.2, -0.15) is 0 Å². The number of aromatic nitrogens is 1. The Morgan fingerprint density at radius 1 is 1.41 bits per heavy atom. The van der Waals surface area contributed by atoms with E-state index in [0.717, 1.165) is 0 Å². The van der Waals surface area contributed by atoms with Crippen LogP contribution in [-0.2, 0) is 4.79 Å². The molecule has 22 heavy (non-hydrogen) atoms. The zero-order valence-corrected chi connectivity index (χ0v) is 12.7. The van der Waals surface area contributed by atoms with Crippen molar-refractivity contribution in [2.75, 3.05) is 5.32 Å². The number of rotatable bonds is 5. The molecular weight excluding hydrogens is 310 g/mol. The standard InChI is InChI=1S/C14H14ClN3O4/c1-7-5-12(18-22-7)17-14(20)8(2)21-11-4-3-9(15)6-10(11)13(16)19/h3-6,8H,1-2H3,(H2,16,19)(H,17,18,20)/t8-/m1/s1. The fourth-order valence-electron chi connectivity index (χ4n) is 1.69. The molecule has 1 atom stereocenters. The van der Waals surface area contributed by atoms with Crippen molar-refractivity contribution < 1.29 is 18.8 Å². The van der Waals surface area contributed by atoms with Gasteiger partial charge in [0.05, 0.1) is 5.56 Å². The highest BCUT2D eigenvalue weighted by molar-refractivity contribution is 6.31. The van der Waals surface area contributed by atoms with E-state index < -0.39 is 17.9 Å². The molecular formula is C14H14ClN3O4. The summed E-state index contributed by atoms with van der Waals surface area (Å²) in [6.45, 7) is 3.23. The Balaban J connectivity index is 2.09. The summed E-state index contributed by atoms with van der Waals surface area (Å²) in [6, 6.07) is 5.97. The van der Waals surface area contributed by atoms with Crippen molar-refractivity contribution >= 4 is 29.2 Å². The van der Waals surface area contributed by atoms with Gasteiger partial charge in [-0.05, 0) is 32.0 Å².